The molecule has 0 bridgehead atoms. The highest BCUT2D eigenvalue weighted by Gasteiger charge is 2.17. The van der Waals surface area contributed by atoms with Gasteiger partial charge in [0.2, 0.25) is 5.91 Å². The molecule has 0 atom stereocenters. The highest BCUT2D eigenvalue weighted by atomic mass is 35.5. The Morgan fingerprint density at radius 1 is 1.13 bits per heavy atom. The number of ether oxygens (including phenoxy) is 1. The number of hydrogen-bond donors (Lipinski definition) is 2. The molecular formula is C22H20ClN3O3S2. The van der Waals surface area contributed by atoms with Crippen molar-refractivity contribution in [2.45, 2.75) is 4.34 Å². The topological polar surface area (TPSA) is 80.3 Å². The summed E-state index contributed by atoms with van der Waals surface area (Å²) in [7, 11) is 0. The van der Waals surface area contributed by atoms with Gasteiger partial charge in [-0.05, 0) is 24.3 Å². The molecule has 0 aliphatic heterocycles. The van der Waals surface area contributed by atoms with Crippen molar-refractivity contribution >= 4 is 51.5 Å². The summed E-state index contributed by atoms with van der Waals surface area (Å²) in [4.78, 5) is 28.9. The van der Waals surface area contributed by atoms with Gasteiger partial charge in [-0.25, -0.2) is 4.98 Å². The van der Waals surface area contributed by atoms with Gasteiger partial charge in [0.1, 0.15) is 16.4 Å². The number of amides is 2. The van der Waals surface area contributed by atoms with Crippen LogP contribution in [0.2, 0.25) is 5.02 Å². The van der Waals surface area contributed by atoms with Crippen LogP contribution >= 0.6 is 34.7 Å². The van der Waals surface area contributed by atoms with Crippen LogP contribution in [0, 0.1) is 0 Å². The second-order valence-electron chi connectivity index (χ2n) is 6.20. The maximum absolute atomic E-state index is 12.5. The molecule has 6 nitrogen and oxygen atoms in total. The number of carbonyl (C=O) groups excluding carboxylic acids is 2. The molecule has 0 aliphatic rings. The number of hydrogen-bond acceptors (Lipinski definition) is 6. The monoisotopic (exact) mass is 473 g/mol. The first-order valence-electron chi connectivity index (χ1n) is 9.30. The molecule has 3 rings (SSSR count). The van der Waals surface area contributed by atoms with Gasteiger partial charge in [0, 0.05) is 17.1 Å². The van der Waals surface area contributed by atoms with E-state index in [1.807, 2.05) is 30.3 Å². The number of thiazole rings is 1. The van der Waals surface area contributed by atoms with Gasteiger partial charge in [0.25, 0.3) is 5.91 Å². The Kier molecular flexibility index (Phi) is 8.52. The summed E-state index contributed by atoms with van der Waals surface area (Å²) in [5, 5.41) is 6.80. The van der Waals surface area contributed by atoms with E-state index >= 15 is 0 Å². The van der Waals surface area contributed by atoms with Crippen molar-refractivity contribution < 1.29 is 14.3 Å². The predicted molar refractivity (Wildman–Crippen MR) is 127 cm³/mol. The quantitative estimate of drug-likeness (QED) is 0.324. The van der Waals surface area contributed by atoms with E-state index in [4.69, 9.17) is 16.3 Å². The third-order valence-electron chi connectivity index (χ3n) is 3.86. The van der Waals surface area contributed by atoms with E-state index in [2.05, 4.69) is 22.2 Å². The van der Waals surface area contributed by atoms with Gasteiger partial charge in [0.15, 0.2) is 10.9 Å². The zero-order chi connectivity index (χ0) is 22.1. The number of benzene rings is 2. The molecule has 1 heterocycles. The van der Waals surface area contributed by atoms with Crippen LogP contribution < -0.4 is 15.4 Å². The molecular weight excluding hydrogens is 454 g/mol. The van der Waals surface area contributed by atoms with Crippen LogP contribution in [0.25, 0.3) is 11.3 Å². The molecule has 0 spiro atoms. The smallest absolute Gasteiger partial charge is 0.262 e. The predicted octanol–water partition coefficient (Wildman–Crippen LogP) is 4.88. The second kappa shape index (κ2) is 11.5. The van der Waals surface area contributed by atoms with Gasteiger partial charge in [0.05, 0.1) is 5.75 Å². The Hall–Kier alpha value is -2.81. The number of rotatable bonds is 10. The third-order valence-corrected chi connectivity index (χ3v) is 6.23. The van der Waals surface area contributed by atoms with Gasteiger partial charge >= 0.3 is 0 Å². The molecule has 31 heavy (non-hydrogen) atoms. The SMILES string of the molecule is C=CCNC(=O)CSc1nc(-c2ccccc2)c(NC(=O)COc2ccc(Cl)cc2)s1. The fourth-order valence-electron chi connectivity index (χ4n) is 2.45. The van der Waals surface area contributed by atoms with Crippen molar-refractivity contribution in [1.29, 1.82) is 0 Å². The largest absolute Gasteiger partial charge is 0.484 e. The summed E-state index contributed by atoms with van der Waals surface area (Å²) in [6.07, 6.45) is 1.62. The van der Waals surface area contributed by atoms with E-state index in [0.717, 1.165) is 5.56 Å². The van der Waals surface area contributed by atoms with E-state index in [9.17, 15) is 9.59 Å². The molecule has 0 unspecified atom stereocenters. The lowest BCUT2D eigenvalue weighted by atomic mass is 10.2. The molecule has 3 aromatic rings. The minimum atomic E-state index is -0.309. The Morgan fingerprint density at radius 2 is 1.87 bits per heavy atom. The summed E-state index contributed by atoms with van der Waals surface area (Å²) >= 11 is 8.49. The van der Waals surface area contributed by atoms with Crippen LogP contribution in [0.5, 0.6) is 5.75 Å². The lowest BCUT2D eigenvalue weighted by Crippen LogP contribution is -2.24. The number of nitrogens with one attached hydrogen (secondary N) is 2. The van der Waals surface area contributed by atoms with E-state index < -0.39 is 0 Å². The fourth-order valence-corrected chi connectivity index (χ4v) is 4.48. The average molecular weight is 474 g/mol. The van der Waals surface area contributed by atoms with Crippen molar-refractivity contribution in [3.63, 3.8) is 0 Å². The lowest BCUT2D eigenvalue weighted by Gasteiger charge is -2.07. The summed E-state index contributed by atoms with van der Waals surface area (Å²) < 4.78 is 6.19. The lowest BCUT2D eigenvalue weighted by molar-refractivity contribution is -0.119. The Bertz CT molecular complexity index is 1040. The van der Waals surface area contributed by atoms with Gasteiger partial charge in [-0.15, -0.1) is 6.58 Å². The molecule has 2 amide bonds. The Morgan fingerprint density at radius 3 is 2.58 bits per heavy atom. The molecule has 2 aromatic carbocycles. The summed E-state index contributed by atoms with van der Waals surface area (Å²) in [6, 6.07) is 16.3. The first-order chi connectivity index (χ1) is 15.0. The molecule has 0 fully saturated rings. The number of aromatic nitrogens is 1. The minimum Gasteiger partial charge on any atom is -0.484 e. The van der Waals surface area contributed by atoms with Crippen molar-refractivity contribution in [2.24, 2.45) is 0 Å². The molecule has 160 valence electrons. The first kappa shape index (κ1) is 22.9. The van der Waals surface area contributed by atoms with Gasteiger partial charge in [-0.3, -0.25) is 9.59 Å². The van der Waals surface area contributed by atoms with Crippen LogP contribution in [0.15, 0.2) is 71.6 Å². The van der Waals surface area contributed by atoms with E-state index in [0.29, 0.717) is 32.4 Å². The van der Waals surface area contributed by atoms with Crippen molar-refractivity contribution in [2.75, 3.05) is 24.2 Å². The summed E-state index contributed by atoms with van der Waals surface area (Å²) in [5.41, 5.74) is 1.52. The Labute approximate surface area is 193 Å². The number of thioether (sulfide) groups is 1. The average Bonchev–Trinajstić information content (AvgIpc) is 3.19. The minimum absolute atomic E-state index is 0.108. The number of nitrogens with zero attached hydrogens (tertiary/aromatic N) is 1. The van der Waals surface area contributed by atoms with E-state index in [1.54, 1.807) is 30.3 Å². The van der Waals surface area contributed by atoms with E-state index in [-0.39, 0.29) is 24.2 Å². The third kappa shape index (κ3) is 7.13. The molecule has 9 heteroatoms. The van der Waals surface area contributed by atoms with Crippen LogP contribution in [0.4, 0.5) is 5.00 Å². The maximum atomic E-state index is 12.5. The molecule has 0 aliphatic carbocycles. The normalized spacial score (nSPS) is 10.4. The summed E-state index contributed by atoms with van der Waals surface area (Å²) in [6.45, 7) is 3.84. The van der Waals surface area contributed by atoms with Gasteiger partial charge in [-0.2, -0.15) is 0 Å². The molecule has 0 radical (unpaired) electrons. The highest BCUT2D eigenvalue weighted by molar-refractivity contribution is 8.01. The highest BCUT2D eigenvalue weighted by Crippen LogP contribution is 2.37. The van der Waals surface area contributed by atoms with E-state index in [1.165, 1.54) is 23.1 Å². The van der Waals surface area contributed by atoms with Gasteiger partial charge < -0.3 is 15.4 Å². The number of anilines is 1. The standard InChI is InChI=1S/C22H20ClN3O3S2/c1-2-12-24-19(28)14-30-22-26-20(15-6-4-3-5-7-15)21(31-22)25-18(27)13-29-17-10-8-16(23)9-11-17/h2-11H,1,12-14H2,(H,24,28)(H,25,27). The second-order valence-corrected chi connectivity index (χ2v) is 8.85. The maximum Gasteiger partial charge on any atom is 0.262 e. The summed E-state index contributed by atoms with van der Waals surface area (Å²) in [5.74, 6) is 0.358. The van der Waals surface area contributed by atoms with Crippen LogP contribution in [0.3, 0.4) is 0 Å². The van der Waals surface area contributed by atoms with Crippen LogP contribution in [0.1, 0.15) is 0 Å². The molecule has 1 aromatic heterocycles. The zero-order valence-corrected chi connectivity index (χ0v) is 18.9. The van der Waals surface area contributed by atoms with Crippen molar-refractivity contribution in [3.05, 3.63) is 72.3 Å². The van der Waals surface area contributed by atoms with Crippen molar-refractivity contribution in [3.8, 4) is 17.0 Å². The number of carbonyl (C=O) groups is 2. The first-order valence-corrected chi connectivity index (χ1v) is 11.5. The molecule has 0 saturated carbocycles. The Balaban J connectivity index is 1.68. The molecule has 2 N–H and O–H groups in total. The molecule has 0 saturated heterocycles. The fraction of sp³-hybridized carbons (Fsp3) is 0.136. The van der Waals surface area contributed by atoms with Gasteiger partial charge in [-0.1, -0.05) is 71.1 Å². The zero-order valence-electron chi connectivity index (χ0n) is 16.5. The number of halogens is 1. The van der Waals surface area contributed by atoms with Crippen LogP contribution in [-0.2, 0) is 9.59 Å². The van der Waals surface area contributed by atoms with Crippen LogP contribution in [-0.4, -0.2) is 35.7 Å². The van der Waals surface area contributed by atoms with Crippen molar-refractivity contribution in [1.82, 2.24) is 10.3 Å².